The first-order valence-corrected chi connectivity index (χ1v) is 10.4. The van der Waals surface area contributed by atoms with E-state index in [4.69, 9.17) is 4.42 Å². The molecule has 0 atom stereocenters. The molecule has 0 unspecified atom stereocenters. The van der Waals surface area contributed by atoms with E-state index in [-0.39, 0.29) is 12.4 Å². The Hall–Kier alpha value is -1.88. The normalized spacial score (nSPS) is 19.1. The molecule has 2 aromatic rings. The number of halogens is 3. The largest absolute Gasteiger partial charge is 0.470 e. The molecule has 0 amide bonds. The van der Waals surface area contributed by atoms with Crippen molar-refractivity contribution < 1.29 is 17.6 Å². The SMILES string of the molecule is CSc1nc(C2CCC2)cc(N2CCN(Cc3nnc(C(F)(F)F)o3)CC2)n1. The smallest absolute Gasteiger partial charge is 0.416 e. The fourth-order valence-electron chi connectivity index (χ4n) is 3.36. The molecule has 3 heterocycles. The van der Waals surface area contributed by atoms with E-state index >= 15 is 0 Å². The minimum atomic E-state index is -4.61. The second-order valence-corrected chi connectivity index (χ2v) is 7.80. The lowest BCUT2D eigenvalue weighted by Crippen LogP contribution is -2.46. The molecular formula is C17H21F3N6OS. The summed E-state index contributed by atoms with van der Waals surface area (Å²) in [4.78, 5) is 13.5. The fraction of sp³-hybridized carbons (Fsp3) is 0.647. The van der Waals surface area contributed by atoms with Crippen molar-refractivity contribution in [3.8, 4) is 0 Å². The van der Waals surface area contributed by atoms with E-state index < -0.39 is 12.1 Å². The van der Waals surface area contributed by atoms with E-state index in [0.717, 1.165) is 29.8 Å². The molecule has 4 rings (SSSR count). The molecule has 1 saturated carbocycles. The number of hydrogen-bond donors (Lipinski definition) is 0. The minimum absolute atomic E-state index is 0.0141. The van der Waals surface area contributed by atoms with Gasteiger partial charge in [-0.3, -0.25) is 4.90 Å². The first-order chi connectivity index (χ1) is 13.4. The van der Waals surface area contributed by atoms with E-state index in [0.29, 0.717) is 19.0 Å². The summed E-state index contributed by atoms with van der Waals surface area (Å²) in [5.41, 5.74) is 1.12. The van der Waals surface area contributed by atoms with Crippen LogP contribution in [-0.4, -0.2) is 57.5 Å². The number of nitrogens with zero attached hydrogens (tertiary/aromatic N) is 6. The van der Waals surface area contributed by atoms with Crippen LogP contribution in [0.25, 0.3) is 0 Å². The average molecular weight is 414 g/mol. The molecule has 0 aromatic carbocycles. The molecule has 0 bridgehead atoms. The van der Waals surface area contributed by atoms with Crippen LogP contribution in [0.1, 0.15) is 42.7 Å². The lowest BCUT2D eigenvalue weighted by Gasteiger charge is -2.35. The number of anilines is 1. The molecule has 1 saturated heterocycles. The topological polar surface area (TPSA) is 71.2 Å². The number of hydrogen-bond acceptors (Lipinski definition) is 8. The molecule has 0 radical (unpaired) electrons. The summed E-state index contributed by atoms with van der Waals surface area (Å²) in [6, 6.07) is 2.09. The molecule has 2 fully saturated rings. The van der Waals surface area contributed by atoms with Gasteiger partial charge in [-0.25, -0.2) is 9.97 Å². The highest BCUT2D eigenvalue weighted by Crippen LogP contribution is 2.37. The monoisotopic (exact) mass is 414 g/mol. The third-order valence-corrected chi connectivity index (χ3v) is 5.73. The molecule has 152 valence electrons. The van der Waals surface area contributed by atoms with Crippen LogP contribution in [0.5, 0.6) is 0 Å². The van der Waals surface area contributed by atoms with Crippen molar-refractivity contribution in [3.05, 3.63) is 23.5 Å². The maximum absolute atomic E-state index is 12.6. The minimum Gasteiger partial charge on any atom is -0.416 e. The quantitative estimate of drug-likeness (QED) is 0.546. The van der Waals surface area contributed by atoms with Crippen LogP contribution in [0.15, 0.2) is 15.6 Å². The summed E-state index contributed by atoms with van der Waals surface area (Å²) in [6.45, 7) is 3.04. The van der Waals surface area contributed by atoms with Gasteiger partial charge in [-0.2, -0.15) is 13.2 Å². The van der Waals surface area contributed by atoms with Crippen molar-refractivity contribution in [2.45, 2.75) is 43.1 Å². The maximum atomic E-state index is 12.6. The van der Waals surface area contributed by atoms with Gasteiger partial charge in [-0.1, -0.05) is 18.2 Å². The Bertz CT molecular complexity index is 817. The van der Waals surface area contributed by atoms with E-state index in [1.165, 1.54) is 19.3 Å². The molecular weight excluding hydrogens is 393 g/mol. The molecule has 2 aromatic heterocycles. The zero-order valence-corrected chi connectivity index (χ0v) is 16.3. The van der Waals surface area contributed by atoms with Crippen molar-refractivity contribution in [2.24, 2.45) is 0 Å². The fourth-order valence-corrected chi connectivity index (χ4v) is 3.74. The third-order valence-electron chi connectivity index (χ3n) is 5.18. The van der Waals surface area contributed by atoms with Gasteiger partial charge in [0, 0.05) is 38.2 Å². The van der Waals surface area contributed by atoms with Gasteiger partial charge in [-0.15, -0.1) is 10.2 Å². The van der Waals surface area contributed by atoms with E-state index in [1.54, 1.807) is 11.8 Å². The van der Waals surface area contributed by atoms with Gasteiger partial charge in [0.25, 0.3) is 0 Å². The summed E-state index contributed by atoms with van der Waals surface area (Å²) in [7, 11) is 0. The zero-order valence-electron chi connectivity index (χ0n) is 15.4. The van der Waals surface area contributed by atoms with Crippen molar-refractivity contribution >= 4 is 17.6 Å². The van der Waals surface area contributed by atoms with Gasteiger partial charge in [0.2, 0.25) is 5.89 Å². The number of alkyl halides is 3. The van der Waals surface area contributed by atoms with Crippen LogP contribution in [0, 0.1) is 0 Å². The Morgan fingerprint density at radius 3 is 2.46 bits per heavy atom. The highest BCUT2D eigenvalue weighted by molar-refractivity contribution is 7.98. The summed E-state index contributed by atoms with van der Waals surface area (Å²) in [6.07, 6.45) is 0.985. The molecule has 0 spiro atoms. The van der Waals surface area contributed by atoms with Crippen LogP contribution in [0.4, 0.5) is 19.0 Å². The first-order valence-electron chi connectivity index (χ1n) is 9.22. The number of aromatic nitrogens is 4. The van der Waals surface area contributed by atoms with Crippen LogP contribution in [0.2, 0.25) is 0 Å². The Kier molecular flexibility index (Phi) is 5.46. The summed E-state index contributed by atoms with van der Waals surface area (Å²) < 4.78 is 42.4. The third kappa shape index (κ3) is 4.24. The number of piperazine rings is 1. The highest BCUT2D eigenvalue weighted by atomic mass is 32.2. The summed E-state index contributed by atoms with van der Waals surface area (Å²) in [5, 5.41) is 7.37. The predicted octanol–water partition coefficient (Wildman–Crippen LogP) is 3.19. The van der Waals surface area contributed by atoms with E-state index in [9.17, 15) is 13.2 Å². The van der Waals surface area contributed by atoms with Gasteiger partial charge in [0.05, 0.1) is 12.2 Å². The molecule has 1 aliphatic heterocycles. The zero-order chi connectivity index (χ0) is 19.7. The standard InChI is InChI=1S/C17H21F3N6OS/c1-28-16-21-12(11-3-2-4-11)9-13(22-16)26-7-5-25(6-8-26)10-14-23-24-15(27-14)17(18,19)20/h9,11H,2-8,10H2,1H3. The van der Waals surface area contributed by atoms with Gasteiger partial charge in [0.1, 0.15) is 5.82 Å². The first kappa shape index (κ1) is 19.4. The van der Waals surface area contributed by atoms with E-state index in [2.05, 4.69) is 31.1 Å². The molecule has 1 aliphatic carbocycles. The summed E-state index contributed by atoms with van der Waals surface area (Å²) in [5.74, 6) is 0.155. The predicted molar refractivity (Wildman–Crippen MR) is 97.2 cm³/mol. The Labute approximate surface area is 164 Å². The van der Waals surface area contributed by atoms with Crippen molar-refractivity contribution in [3.63, 3.8) is 0 Å². The number of thioether (sulfide) groups is 1. The van der Waals surface area contributed by atoms with E-state index in [1.807, 2.05) is 11.2 Å². The molecule has 7 nitrogen and oxygen atoms in total. The molecule has 0 N–H and O–H groups in total. The second kappa shape index (κ2) is 7.86. The Balaban J connectivity index is 1.38. The van der Waals surface area contributed by atoms with Crippen molar-refractivity contribution in [2.75, 3.05) is 37.3 Å². The second-order valence-electron chi connectivity index (χ2n) is 7.03. The Morgan fingerprint density at radius 1 is 1.14 bits per heavy atom. The van der Waals surface area contributed by atoms with Gasteiger partial charge in [-0.05, 0) is 19.1 Å². The maximum Gasteiger partial charge on any atom is 0.470 e. The van der Waals surface area contributed by atoms with Gasteiger partial charge >= 0.3 is 12.1 Å². The lowest BCUT2D eigenvalue weighted by atomic mass is 9.83. The van der Waals surface area contributed by atoms with Crippen LogP contribution >= 0.6 is 11.8 Å². The lowest BCUT2D eigenvalue weighted by molar-refractivity contribution is -0.157. The van der Waals surface area contributed by atoms with Crippen LogP contribution in [0.3, 0.4) is 0 Å². The molecule has 28 heavy (non-hydrogen) atoms. The van der Waals surface area contributed by atoms with Crippen LogP contribution in [-0.2, 0) is 12.7 Å². The number of rotatable bonds is 5. The van der Waals surface area contributed by atoms with Gasteiger partial charge in [0.15, 0.2) is 5.16 Å². The average Bonchev–Trinajstić information content (AvgIpc) is 3.09. The highest BCUT2D eigenvalue weighted by Gasteiger charge is 2.38. The van der Waals surface area contributed by atoms with Gasteiger partial charge < -0.3 is 9.32 Å². The van der Waals surface area contributed by atoms with Crippen molar-refractivity contribution in [1.82, 2.24) is 25.1 Å². The van der Waals surface area contributed by atoms with Crippen LogP contribution < -0.4 is 4.90 Å². The van der Waals surface area contributed by atoms with Crippen molar-refractivity contribution in [1.29, 1.82) is 0 Å². The molecule has 2 aliphatic rings. The summed E-state index contributed by atoms with van der Waals surface area (Å²) >= 11 is 1.54. The Morgan fingerprint density at radius 2 is 1.89 bits per heavy atom. The molecule has 11 heteroatoms.